The molecule has 2 N–H and O–H groups in total. The van der Waals surface area contributed by atoms with Crippen molar-refractivity contribution in [1.82, 2.24) is 15.1 Å². The van der Waals surface area contributed by atoms with Crippen molar-refractivity contribution in [2.75, 3.05) is 44.6 Å². The van der Waals surface area contributed by atoms with Crippen LogP contribution in [0.2, 0.25) is 0 Å². The third-order valence-corrected chi connectivity index (χ3v) is 4.51. The van der Waals surface area contributed by atoms with Gasteiger partial charge in [0.25, 0.3) is 0 Å². The van der Waals surface area contributed by atoms with E-state index in [1.165, 1.54) is 0 Å². The fourth-order valence-electron chi connectivity index (χ4n) is 2.76. The molecule has 1 saturated heterocycles. The topological polar surface area (TPSA) is 64.7 Å². The number of piperazine rings is 1. The van der Waals surface area contributed by atoms with E-state index in [0.717, 1.165) is 38.8 Å². The molecule has 0 radical (unpaired) electrons. The van der Waals surface area contributed by atoms with Gasteiger partial charge in [-0.1, -0.05) is 6.92 Å². The van der Waals surface area contributed by atoms with Gasteiger partial charge in [-0.2, -0.15) is 0 Å². The second-order valence-corrected chi connectivity index (χ2v) is 6.14. The minimum absolute atomic E-state index is 0.323. The molecule has 26 heavy (non-hydrogen) atoms. The van der Waals surface area contributed by atoms with Crippen LogP contribution in [0.25, 0.3) is 0 Å². The third kappa shape index (κ3) is 4.95. The van der Waals surface area contributed by atoms with E-state index in [4.69, 9.17) is 0 Å². The standard InChI is InChI=1S/C17H23F3N4O2/c1-3-23-6-8-24(9-7-23)11(2)17(26)21-10-14(25)22-13-5-4-12(18)15(19)16(13)20/h4-5,11H,3,6-10H2,1-2H3,(H,21,26)(H,22,25). The molecule has 1 atom stereocenters. The summed E-state index contributed by atoms with van der Waals surface area (Å²) in [6.07, 6.45) is 0. The Balaban J connectivity index is 1.81. The van der Waals surface area contributed by atoms with Crippen molar-refractivity contribution in [1.29, 1.82) is 0 Å². The summed E-state index contributed by atoms with van der Waals surface area (Å²) in [7, 11) is 0. The first-order chi connectivity index (χ1) is 12.3. The summed E-state index contributed by atoms with van der Waals surface area (Å²) in [5, 5.41) is 4.58. The van der Waals surface area contributed by atoms with Crippen LogP contribution in [-0.4, -0.2) is 66.9 Å². The summed E-state index contributed by atoms with van der Waals surface area (Å²) < 4.78 is 39.5. The van der Waals surface area contributed by atoms with Crippen molar-refractivity contribution in [3.63, 3.8) is 0 Å². The zero-order valence-corrected chi connectivity index (χ0v) is 14.8. The van der Waals surface area contributed by atoms with Gasteiger partial charge in [0.15, 0.2) is 17.5 Å². The number of halogens is 3. The Labute approximate surface area is 150 Å². The summed E-state index contributed by atoms with van der Waals surface area (Å²) in [5.41, 5.74) is -0.480. The maximum absolute atomic E-state index is 13.5. The molecule has 0 spiro atoms. The number of likely N-dealkylation sites (N-methyl/N-ethyl adjacent to an activating group) is 1. The molecule has 1 aromatic carbocycles. The molecule has 2 amide bonds. The highest BCUT2D eigenvalue weighted by atomic mass is 19.2. The van der Waals surface area contributed by atoms with Crippen LogP contribution in [0.15, 0.2) is 12.1 Å². The molecule has 0 saturated carbocycles. The third-order valence-electron chi connectivity index (χ3n) is 4.51. The number of nitrogens with one attached hydrogen (secondary N) is 2. The Bertz CT molecular complexity index is 664. The number of amides is 2. The van der Waals surface area contributed by atoms with Crippen LogP contribution in [0.3, 0.4) is 0 Å². The van der Waals surface area contributed by atoms with Crippen molar-refractivity contribution in [2.45, 2.75) is 19.9 Å². The molecule has 1 heterocycles. The number of rotatable bonds is 6. The monoisotopic (exact) mass is 372 g/mol. The average molecular weight is 372 g/mol. The maximum Gasteiger partial charge on any atom is 0.243 e. The lowest BCUT2D eigenvalue weighted by Crippen LogP contribution is -2.54. The van der Waals surface area contributed by atoms with Gasteiger partial charge in [-0.3, -0.25) is 14.5 Å². The zero-order chi connectivity index (χ0) is 19.3. The van der Waals surface area contributed by atoms with Gasteiger partial charge in [-0.25, -0.2) is 13.2 Å². The van der Waals surface area contributed by atoms with E-state index >= 15 is 0 Å². The van der Waals surface area contributed by atoms with Crippen molar-refractivity contribution in [2.24, 2.45) is 0 Å². The van der Waals surface area contributed by atoms with E-state index in [2.05, 4.69) is 22.5 Å². The molecule has 0 aromatic heterocycles. The predicted molar refractivity (Wildman–Crippen MR) is 91.1 cm³/mol. The first kappa shape index (κ1) is 20.2. The van der Waals surface area contributed by atoms with Crippen molar-refractivity contribution in [3.05, 3.63) is 29.6 Å². The first-order valence-electron chi connectivity index (χ1n) is 8.51. The lowest BCUT2D eigenvalue weighted by Gasteiger charge is -2.36. The van der Waals surface area contributed by atoms with E-state index in [1.54, 1.807) is 6.92 Å². The Kier molecular flexibility index (Phi) is 6.98. The highest BCUT2D eigenvalue weighted by molar-refractivity contribution is 5.95. The van der Waals surface area contributed by atoms with Gasteiger partial charge in [0.1, 0.15) is 0 Å². The predicted octanol–water partition coefficient (Wildman–Crippen LogP) is 1.18. The van der Waals surface area contributed by atoms with Crippen LogP contribution in [0.5, 0.6) is 0 Å². The number of hydrogen-bond donors (Lipinski definition) is 2. The first-order valence-corrected chi connectivity index (χ1v) is 8.51. The zero-order valence-electron chi connectivity index (χ0n) is 14.8. The minimum Gasteiger partial charge on any atom is -0.346 e. The van der Waals surface area contributed by atoms with Crippen LogP contribution in [0, 0.1) is 17.5 Å². The van der Waals surface area contributed by atoms with Crippen LogP contribution >= 0.6 is 0 Å². The molecule has 144 valence electrons. The fraction of sp³-hybridized carbons (Fsp3) is 0.529. The molecule has 1 unspecified atom stereocenters. The summed E-state index contributed by atoms with van der Waals surface area (Å²) in [4.78, 5) is 28.3. The van der Waals surface area contributed by atoms with E-state index in [9.17, 15) is 22.8 Å². The highest BCUT2D eigenvalue weighted by Gasteiger charge is 2.25. The van der Waals surface area contributed by atoms with Gasteiger partial charge in [0.05, 0.1) is 18.3 Å². The quantitative estimate of drug-likeness (QED) is 0.737. The Morgan fingerprint density at radius 1 is 1.12 bits per heavy atom. The number of hydrogen-bond acceptors (Lipinski definition) is 4. The number of nitrogens with zero attached hydrogens (tertiary/aromatic N) is 2. The normalized spacial score (nSPS) is 17.0. The number of carbonyl (C=O) groups is 2. The largest absolute Gasteiger partial charge is 0.346 e. The number of benzene rings is 1. The number of carbonyl (C=O) groups excluding carboxylic acids is 2. The Morgan fingerprint density at radius 3 is 2.38 bits per heavy atom. The van der Waals surface area contributed by atoms with Crippen molar-refractivity contribution < 1.29 is 22.8 Å². The molecule has 0 aliphatic carbocycles. The molecule has 0 bridgehead atoms. The van der Waals surface area contributed by atoms with E-state index in [0.29, 0.717) is 6.07 Å². The Hall–Kier alpha value is -2.13. The minimum atomic E-state index is -1.66. The molecule has 1 aliphatic rings. The van der Waals surface area contributed by atoms with Crippen LogP contribution in [0.4, 0.5) is 18.9 Å². The Morgan fingerprint density at radius 2 is 1.77 bits per heavy atom. The maximum atomic E-state index is 13.5. The summed E-state index contributed by atoms with van der Waals surface area (Å²) in [5.74, 6) is -5.54. The molecular formula is C17H23F3N4O2. The van der Waals surface area contributed by atoms with Crippen LogP contribution in [0.1, 0.15) is 13.8 Å². The SMILES string of the molecule is CCN1CCN(C(C)C(=O)NCC(=O)Nc2ccc(F)c(F)c2F)CC1. The molecular weight excluding hydrogens is 349 g/mol. The van der Waals surface area contributed by atoms with Gasteiger partial charge >= 0.3 is 0 Å². The second kappa shape index (κ2) is 9.00. The van der Waals surface area contributed by atoms with Crippen molar-refractivity contribution in [3.8, 4) is 0 Å². The van der Waals surface area contributed by atoms with Gasteiger partial charge in [-0.15, -0.1) is 0 Å². The lowest BCUT2D eigenvalue weighted by molar-refractivity contribution is -0.128. The van der Waals surface area contributed by atoms with Gasteiger partial charge in [0, 0.05) is 26.2 Å². The average Bonchev–Trinajstić information content (AvgIpc) is 2.66. The molecule has 2 rings (SSSR count). The lowest BCUT2D eigenvalue weighted by atomic mass is 10.2. The summed E-state index contributed by atoms with van der Waals surface area (Å²) in [6.45, 7) is 7.69. The fourth-order valence-corrected chi connectivity index (χ4v) is 2.76. The molecule has 6 nitrogen and oxygen atoms in total. The second-order valence-electron chi connectivity index (χ2n) is 6.14. The summed E-state index contributed by atoms with van der Waals surface area (Å²) in [6, 6.07) is 1.23. The molecule has 1 fully saturated rings. The van der Waals surface area contributed by atoms with Gasteiger partial charge < -0.3 is 15.5 Å². The molecule has 1 aliphatic heterocycles. The smallest absolute Gasteiger partial charge is 0.243 e. The van der Waals surface area contributed by atoms with E-state index < -0.39 is 41.6 Å². The molecule has 9 heteroatoms. The van der Waals surface area contributed by atoms with E-state index in [-0.39, 0.29) is 5.91 Å². The molecule has 1 aromatic rings. The van der Waals surface area contributed by atoms with Crippen molar-refractivity contribution >= 4 is 17.5 Å². The highest BCUT2D eigenvalue weighted by Crippen LogP contribution is 2.19. The van der Waals surface area contributed by atoms with Crippen LogP contribution in [-0.2, 0) is 9.59 Å². The van der Waals surface area contributed by atoms with E-state index in [1.807, 2.05) is 4.90 Å². The van der Waals surface area contributed by atoms with Gasteiger partial charge in [0.2, 0.25) is 11.8 Å². The summed E-state index contributed by atoms with van der Waals surface area (Å²) >= 11 is 0. The van der Waals surface area contributed by atoms with Gasteiger partial charge in [-0.05, 0) is 25.6 Å². The number of anilines is 1. The van der Waals surface area contributed by atoms with Crippen LogP contribution < -0.4 is 10.6 Å².